The van der Waals surface area contributed by atoms with E-state index in [0.717, 1.165) is 38.8 Å². The van der Waals surface area contributed by atoms with Gasteiger partial charge in [-0.05, 0) is 25.8 Å². The molecule has 0 aromatic rings. The van der Waals surface area contributed by atoms with Crippen LogP contribution in [0.3, 0.4) is 0 Å². The molecule has 2 rings (SSSR count). The van der Waals surface area contributed by atoms with Crippen molar-refractivity contribution in [2.75, 3.05) is 26.2 Å². The summed E-state index contributed by atoms with van der Waals surface area (Å²) >= 11 is 0. The molecule has 1 unspecified atom stereocenters. The van der Waals surface area contributed by atoms with Crippen molar-refractivity contribution in [3.05, 3.63) is 0 Å². The molecule has 0 spiro atoms. The topological polar surface area (TPSA) is 52.6 Å². The van der Waals surface area contributed by atoms with E-state index in [2.05, 4.69) is 12.2 Å². The maximum atomic E-state index is 12.0. The Morgan fingerprint density at radius 3 is 2.88 bits per heavy atom. The molecule has 1 amide bonds. The Bertz CT molecular complexity index is 256. The summed E-state index contributed by atoms with van der Waals surface area (Å²) in [5.41, 5.74) is -0.591. The first kappa shape index (κ1) is 11.9. The van der Waals surface area contributed by atoms with Crippen LogP contribution in [0.4, 0.5) is 0 Å². The zero-order chi connectivity index (χ0) is 11.6. The van der Waals surface area contributed by atoms with Crippen LogP contribution >= 0.6 is 0 Å². The fraction of sp³-hybridized carbons (Fsp3) is 0.917. The monoisotopic (exact) mass is 226 g/mol. The number of likely N-dealkylation sites (tertiary alicyclic amines) is 1. The van der Waals surface area contributed by atoms with Crippen molar-refractivity contribution >= 4 is 5.91 Å². The van der Waals surface area contributed by atoms with E-state index < -0.39 is 5.60 Å². The normalized spacial score (nSPS) is 28.6. The van der Waals surface area contributed by atoms with Gasteiger partial charge in [0.2, 0.25) is 5.91 Å². The van der Waals surface area contributed by atoms with Crippen LogP contribution in [-0.4, -0.2) is 47.7 Å². The Labute approximate surface area is 97.0 Å². The van der Waals surface area contributed by atoms with Gasteiger partial charge in [-0.1, -0.05) is 13.3 Å². The van der Waals surface area contributed by atoms with Crippen LogP contribution in [-0.2, 0) is 4.79 Å². The van der Waals surface area contributed by atoms with Gasteiger partial charge in [0.05, 0.1) is 24.6 Å². The van der Waals surface area contributed by atoms with Gasteiger partial charge in [0.25, 0.3) is 0 Å². The molecule has 0 aliphatic carbocycles. The molecule has 2 saturated heterocycles. The number of β-amino-alcohol motifs (C(OH)–C–C–N with tert-alkyl or cyclic N) is 1. The minimum Gasteiger partial charge on any atom is -0.386 e. The van der Waals surface area contributed by atoms with Gasteiger partial charge in [0.15, 0.2) is 0 Å². The quantitative estimate of drug-likeness (QED) is 0.730. The Morgan fingerprint density at radius 2 is 2.31 bits per heavy atom. The Balaban J connectivity index is 1.80. The van der Waals surface area contributed by atoms with Crippen LogP contribution in [0, 0.1) is 5.92 Å². The highest BCUT2D eigenvalue weighted by atomic mass is 16.3. The zero-order valence-electron chi connectivity index (χ0n) is 10.0. The number of carbonyl (C=O) groups is 1. The van der Waals surface area contributed by atoms with Crippen molar-refractivity contribution < 1.29 is 9.90 Å². The van der Waals surface area contributed by atoms with Gasteiger partial charge in [0, 0.05) is 6.54 Å². The second-order valence-electron chi connectivity index (χ2n) is 5.21. The Kier molecular flexibility index (Phi) is 3.50. The van der Waals surface area contributed by atoms with Gasteiger partial charge in [0.1, 0.15) is 0 Å². The third-order valence-electron chi connectivity index (χ3n) is 3.64. The van der Waals surface area contributed by atoms with Crippen molar-refractivity contribution in [1.82, 2.24) is 10.2 Å². The maximum absolute atomic E-state index is 12.0. The number of hydrogen-bond donors (Lipinski definition) is 2. The summed E-state index contributed by atoms with van der Waals surface area (Å²) < 4.78 is 0. The summed E-state index contributed by atoms with van der Waals surface area (Å²) in [6, 6.07) is 0. The predicted molar refractivity (Wildman–Crippen MR) is 62.0 cm³/mol. The van der Waals surface area contributed by atoms with Gasteiger partial charge in [-0.15, -0.1) is 0 Å². The highest BCUT2D eigenvalue weighted by molar-refractivity contribution is 5.80. The molecule has 92 valence electrons. The van der Waals surface area contributed by atoms with Crippen molar-refractivity contribution in [1.29, 1.82) is 0 Å². The zero-order valence-corrected chi connectivity index (χ0v) is 10.0. The van der Waals surface area contributed by atoms with E-state index >= 15 is 0 Å². The minimum absolute atomic E-state index is 0.139. The van der Waals surface area contributed by atoms with Gasteiger partial charge in [-0.2, -0.15) is 0 Å². The van der Waals surface area contributed by atoms with Crippen molar-refractivity contribution in [2.24, 2.45) is 5.92 Å². The van der Waals surface area contributed by atoms with E-state index in [1.165, 1.54) is 0 Å². The molecule has 0 aromatic carbocycles. The lowest BCUT2D eigenvalue weighted by molar-refractivity contribution is -0.161. The van der Waals surface area contributed by atoms with E-state index in [9.17, 15) is 9.90 Å². The van der Waals surface area contributed by atoms with Gasteiger partial charge < -0.3 is 15.3 Å². The molecule has 2 N–H and O–H groups in total. The molecule has 0 bridgehead atoms. The third kappa shape index (κ3) is 2.38. The number of carbonyl (C=O) groups excluding carboxylic acids is 1. The van der Waals surface area contributed by atoms with E-state index in [1.807, 2.05) is 4.90 Å². The summed E-state index contributed by atoms with van der Waals surface area (Å²) in [5.74, 6) is 0.368. The smallest absolute Gasteiger partial charge is 0.227 e. The summed E-state index contributed by atoms with van der Waals surface area (Å²) in [4.78, 5) is 13.9. The lowest BCUT2D eigenvalue weighted by Gasteiger charge is -2.48. The van der Waals surface area contributed by atoms with Crippen LogP contribution < -0.4 is 5.32 Å². The second kappa shape index (κ2) is 4.72. The second-order valence-corrected chi connectivity index (χ2v) is 5.21. The summed E-state index contributed by atoms with van der Waals surface area (Å²) in [5, 5.41) is 13.3. The van der Waals surface area contributed by atoms with Crippen LogP contribution in [0.2, 0.25) is 0 Å². The number of nitrogens with zero attached hydrogens (tertiary/aromatic N) is 1. The number of piperidine rings is 1. The first-order valence-electron chi connectivity index (χ1n) is 6.36. The summed E-state index contributed by atoms with van der Waals surface area (Å²) in [6.45, 7) is 4.98. The van der Waals surface area contributed by atoms with Crippen molar-refractivity contribution in [2.45, 2.75) is 38.2 Å². The van der Waals surface area contributed by atoms with E-state index in [4.69, 9.17) is 0 Å². The number of hydrogen-bond acceptors (Lipinski definition) is 3. The first-order chi connectivity index (χ1) is 7.64. The molecule has 1 atom stereocenters. The molecule has 0 aromatic heterocycles. The van der Waals surface area contributed by atoms with Crippen LogP contribution in [0.25, 0.3) is 0 Å². The molecule has 2 fully saturated rings. The summed E-state index contributed by atoms with van der Waals surface area (Å²) in [7, 11) is 0. The molecule has 2 aliphatic rings. The molecular weight excluding hydrogens is 204 g/mol. The first-order valence-corrected chi connectivity index (χ1v) is 6.36. The highest BCUT2D eigenvalue weighted by Crippen LogP contribution is 2.28. The molecule has 4 heteroatoms. The molecule has 0 saturated carbocycles. The van der Waals surface area contributed by atoms with Gasteiger partial charge in [-0.3, -0.25) is 4.79 Å². The molecule has 4 nitrogen and oxygen atoms in total. The van der Waals surface area contributed by atoms with Crippen LogP contribution in [0.5, 0.6) is 0 Å². The largest absolute Gasteiger partial charge is 0.386 e. The molecule has 2 aliphatic heterocycles. The van der Waals surface area contributed by atoms with Crippen LogP contribution in [0.15, 0.2) is 0 Å². The highest BCUT2D eigenvalue weighted by Gasteiger charge is 2.44. The minimum atomic E-state index is -0.591. The van der Waals surface area contributed by atoms with Crippen molar-refractivity contribution in [3.63, 3.8) is 0 Å². The fourth-order valence-electron chi connectivity index (χ4n) is 2.76. The number of aliphatic hydroxyl groups is 1. The van der Waals surface area contributed by atoms with Gasteiger partial charge >= 0.3 is 0 Å². The standard InChI is InChI=1S/C12H22N2O2/c1-2-5-12(16)8-14(9-12)11(15)10-4-3-6-13-7-10/h10,13,16H,2-9H2,1H3. The average Bonchev–Trinajstić information content (AvgIpc) is 2.26. The molecular formula is C12H22N2O2. The maximum Gasteiger partial charge on any atom is 0.227 e. The number of amides is 1. The average molecular weight is 226 g/mol. The predicted octanol–water partition coefficient (Wildman–Crippen LogP) is 0.359. The summed E-state index contributed by atoms with van der Waals surface area (Å²) in [6.07, 6.45) is 3.86. The van der Waals surface area contributed by atoms with E-state index in [-0.39, 0.29) is 11.8 Å². The van der Waals surface area contributed by atoms with Crippen molar-refractivity contribution in [3.8, 4) is 0 Å². The molecule has 16 heavy (non-hydrogen) atoms. The number of rotatable bonds is 3. The fourth-order valence-corrected chi connectivity index (χ4v) is 2.76. The third-order valence-corrected chi connectivity index (χ3v) is 3.64. The Morgan fingerprint density at radius 1 is 1.56 bits per heavy atom. The lowest BCUT2D eigenvalue weighted by Crippen LogP contribution is -2.65. The lowest BCUT2D eigenvalue weighted by atomic mass is 9.87. The van der Waals surface area contributed by atoms with Crippen LogP contribution in [0.1, 0.15) is 32.6 Å². The Hall–Kier alpha value is -0.610. The SMILES string of the molecule is CCCC1(O)CN(C(=O)C2CCCNC2)C1. The van der Waals surface area contributed by atoms with Gasteiger partial charge in [-0.25, -0.2) is 0 Å². The molecule has 0 radical (unpaired) electrons. The van der Waals surface area contributed by atoms with E-state index in [0.29, 0.717) is 13.1 Å². The number of nitrogens with one attached hydrogen (secondary N) is 1. The molecule has 2 heterocycles. The van der Waals surface area contributed by atoms with E-state index in [1.54, 1.807) is 0 Å².